The molecule has 1 aromatic heterocycles. The number of aromatic nitrogens is 2. The molecule has 1 aromatic carbocycles. The maximum atomic E-state index is 5.40. The Bertz CT molecular complexity index is 531. The minimum Gasteiger partial charge on any atom is -0.369 e. The number of benzene rings is 1. The Kier molecular flexibility index (Phi) is 5.23. The van der Waals surface area contributed by atoms with Gasteiger partial charge in [-0.3, -0.25) is 5.43 Å². The quantitative estimate of drug-likeness (QED) is 0.410. The van der Waals surface area contributed by atoms with Gasteiger partial charge in [-0.15, -0.1) is 0 Å². The minimum absolute atomic E-state index is 0.435. The van der Waals surface area contributed by atoms with Gasteiger partial charge in [0, 0.05) is 11.9 Å². The number of thioether (sulfide) groups is 1. The second kappa shape index (κ2) is 7.16. The molecule has 1 heterocycles. The molecule has 5 nitrogen and oxygen atoms in total. The van der Waals surface area contributed by atoms with Gasteiger partial charge < -0.3 is 5.32 Å². The molecular weight excluding hydrogens is 258 g/mol. The first kappa shape index (κ1) is 13.9. The van der Waals surface area contributed by atoms with Crippen LogP contribution >= 0.6 is 11.8 Å². The lowest BCUT2D eigenvalue weighted by atomic mass is 10.2. The first-order valence-corrected chi connectivity index (χ1v) is 7.70. The van der Waals surface area contributed by atoms with E-state index < -0.39 is 0 Å². The molecule has 0 atom stereocenters. The van der Waals surface area contributed by atoms with Crippen molar-refractivity contribution in [2.45, 2.75) is 12.8 Å². The van der Waals surface area contributed by atoms with E-state index in [2.05, 4.69) is 27.0 Å². The third-order valence-corrected chi connectivity index (χ3v) is 3.50. The smallest absolute Gasteiger partial charge is 0.239 e. The van der Waals surface area contributed by atoms with Crippen LogP contribution in [-0.4, -0.2) is 28.5 Å². The number of anilines is 2. The summed E-state index contributed by atoms with van der Waals surface area (Å²) in [5, 5.41) is 4.39. The summed E-state index contributed by atoms with van der Waals surface area (Å²) in [5.41, 5.74) is 3.39. The summed E-state index contributed by atoms with van der Waals surface area (Å²) in [6.45, 7) is 0.908. The molecule has 102 valence electrons. The molecule has 0 spiro atoms. The Morgan fingerprint density at radius 2 is 2.05 bits per heavy atom. The minimum atomic E-state index is 0.435. The second-order valence-electron chi connectivity index (χ2n) is 4.18. The zero-order chi connectivity index (χ0) is 13.5. The number of hydrogen-bond donors (Lipinski definition) is 3. The zero-order valence-corrected chi connectivity index (χ0v) is 11.8. The van der Waals surface area contributed by atoms with Crippen molar-refractivity contribution in [1.82, 2.24) is 9.97 Å². The van der Waals surface area contributed by atoms with Crippen LogP contribution in [0.25, 0.3) is 10.9 Å². The summed E-state index contributed by atoms with van der Waals surface area (Å²) in [5.74, 6) is 7.87. The number of nitrogens with one attached hydrogen (secondary N) is 2. The van der Waals surface area contributed by atoms with Crippen LogP contribution in [0.3, 0.4) is 0 Å². The van der Waals surface area contributed by atoms with Crippen LogP contribution in [0, 0.1) is 0 Å². The van der Waals surface area contributed by atoms with Crippen molar-refractivity contribution in [3.63, 3.8) is 0 Å². The highest BCUT2D eigenvalue weighted by Crippen LogP contribution is 2.21. The predicted octanol–water partition coefficient (Wildman–Crippen LogP) is 2.47. The van der Waals surface area contributed by atoms with E-state index in [0.717, 1.165) is 29.7 Å². The highest BCUT2D eigenvalue weighted by Gasteiger charge is 2.05. The molecule has 0 unspecified atom stereocenters. The molecular formula is C13H19N5S. The van der Waals surface area contributed by atoms with Gasteiger partial charge in [-0.1, -0.05) is 12.1 Å². The molecule has 2 aromatic rings. The van der Waals surface area contributed by atoms with Gasteiger partial charge >= 0.3 is 0 Å². The highest BCUT2D eigenvalue weighted by atomic mass is 32.2. The van der Waals surface area contributed by atoms with Gasteiger partial charge in [-0.25, -0.2) is 10.8 Å². The summed E-state index contributed by atoms with van der Waals surface area (Å²) >= 11 is 1.88. The summed E-state index contributed by atoms with van der Waals surface area (Å²) in [6, 6.07) is 7.91. The zero-order valence-electron chi connectivity index (χ0n) is 11.0. The van der Waals surface area contributed by atoms with Gasteiger partial charge in [0.2, 0.25) is 5.95 Å². The van der Waals surface area contributed by atoms with Crippen molar-refractivity contribution in [1.29, 1.82) is 0 Å². The fraction of sp³-hybridized carbons (Fsp3) is 0.385. The first-order chi connectivity index (χ1) is 9.35. The van der Waals surface area contributed by atoms with Gasteiger partial charge in [0.05, 0.1) is 5.52 Å². The van der Waals surface area contributed by atoms with Gasteiger partial charge in [-0.05, 0) is 37.0 Å². The Labute approximate surface area is 117 Å². The van der Waals surface area contributed by atoms with E-state index in [1.807, 2.05) is 36.0 Å². The van der Waals surface area contributed by atoms with Crippen molar-refractivity contribution in [2.75, 3.05) is 29.3 Å². The number of hydrogen-bond acceptors (Lipinski definition) is 6. The molecule has 0 radical (unpaired) electrons. The van der Waals surface area contributed by atoms with Gasteiger partial charge in [0.15, 0.2) is 0 Å². The summed E-state index contributed by atoms with van der Waals surface area (Å²) in [6.07, 6.45) is 4.47. The Hall–Kier alpha value is -1.53. The lowest BCUT2D eigenvalue weighted by molar-refractivity contribution is 0.840. The molecule has 0 saturated heterocycles. The van der Waals surface area contributed by atoms with E-state index in [9.17, 15) is 0 Å². The van der Waals surface area contributed by atoms with Crippen molar-refractivity contribution >= 4 is 34.4 Å². The van der Waals surface area contributed by atoms with E-state index in [-0.39, 0.29) is 0 Å². The number of unbranched alkanes of at least 4 members (excludes halogenated alkanes) is 1. The molecule has 0 aliphatic carbocycles. The van der Waals surface area contributed by atoms with Crippen LogP contribution in [-0.2, 0) is 0 Å². The summed E-state index contributed by atoms with van der Waals surface area (Å²) in [4.78, 5) is 8.70. The van der Waals surface area contributed by atoms with Crippen LogP contribution in [0.2, 0.25) is 0 Å². The second-order valence-corrected chi connectivity index (χ2v) is 5.17. The van der Waals surface area contributed by atoms with Crippen LogP contribution in [0.4, 0.5) is 11.8 Å². The third kappa shape index (κ3) is 3.71. The predicted molar refractivity (Wildman–Crippen MR) is 83.5 cm³/mol. The van der Waals surface area contributed by atoms with Gasteiger partial charge in [0.25, 0.3) is 0 Å². The maximum absolute atomic E-state index is 5.40. The largest absolute Gasteiger partial charge is 0.369 e. The number of nitrogen functional groups attached to an aromatic ring is 1. The molecule has 2 rings (SSSR count). The Morgan fingerprint density at radius 1 is 1.21 bits per heavy atom. The van der Waals surface area contributed by atoms with Gasteiger partial charge in [-0.2, -0.15) is 16.7 Å². The summed E-state index contributed by atoms with van der Waals surface area (Å²) < 4.78 is 0. The molecule has 4 N–H and O–H groups in total. The van der Waals surface area contributed by atoms with E-state index in [1.165, 1.54) is 12.2 Å². The van der Waals surface area contributed by atoms with Crippen molar-refractivity contribution in [2.24, 2.45) is 5.84 Å². The molecule has 0 fully saturated rings. The monoisotopic (exact) mass is 277 g/mol. The van der Waals surface area contributed by atoms with Crippen molar-refractivity contribution < 1.29 is 0 Å². The molecule has 19 heavy (non-hydrogen) atoms. The number of hydrazine groups is 1. The van der Waals surface area contributed by atoms with Crippen LogP contribution in [0.1, 0.15) is 12.8 Å². The molecule has 0 saturated carbocycles. The van der Waals surface area contributed by atoms with Crippen molar-refractivity contribution in [3.05, 3.63) is 24.3 Å². The van der Waals surface area contributed by atoms with Crippen LogP contribution in [0.5, 0.6) is 0 Å². The lowest BCUT2D eigenvalue weighted by Gasteiger charge is -2.10. The van der Waals surface area contributed by atoms with E-state index in [0.29, 0.717) is 5.95 Å². The number of nitrogens with zero attached hydrogens (tertiary/aromatic N) is 2. The summed E-state index contributed by atoms with van der Waals surface area (Å²) in [7, 11) is 0. The third-order valence-electron chi connectivity index (χ3n) is 2.80. The fourth-order valence-corrected chi connectivity index (χ4v) is 2.35. The number of rotatable bonds is 7. The standard InChI is InChI=1S/C13H19N5S/c1-19-9-5-4-8-15-12-10-6-2-3-7-11(10)16-13(17-12)18-14/h2-3,6-7H,4-5,8-9,14H2,1H3,(H2,15,16,17,18). The fourth-order valence-electron chi connectivity index (χ4n) is 1.85. The van der Waals surface area contributed by atoms with E-state index >= 15 is 0 Å². The Balaban J connectivity index is 2.11. The van der Waals surface area contributed by atoms with Gasteiger partial charge in [0.1, 0.15) is 5.82 Å². The first-order valence-electron chi connectivity index (χ1n) is 6.31. The molecule has 0 bridgehead atoms. The highest BCUT2D eigenvalue weighted by molar-refractivity contribution is 7.98. The number of para-hydroxylation sites is 1. The Morgan fingerprint density at radius 3 is 2.84 bits per heavy atom. The molecule has 0 aliphatic rings. The number of nitrogens with two attached hydrogens (primary N) is 1. The average molecular weight is 277 g/mol. The SMILES string of the molecule is CSCCCCNc1nc(NN)nc2ccccc12. The molecule has 6 heteroatoms. The molecule has 0 aliphatic heterocycles. The van der Waals surface area contributed by atoms with Crippen LogP contribution < -0.4 is 16.6 Å². The van der Waals surface area contributed by atoms with E-state index in [1.54, 1.807) is 0 Å². The maximum Gasteiger partial charge on any atom is 0.239 e. The van der Waals surface area contributed by atoms with E-state index in [4.69, 9.17) is 5.84 Å². The average Bonchev–Trinajstić information content (AvgIpc) is 2.46. The topological polar surface area (TPSA) is 75.9 Å². The normalized spacial score (nSPS) is 10.6. The molecule has 0 amide bonds. The lowest BCUT2D eigenvalue weighted by Crippen LogP contribution is -2.13. The van der Waals surface area contributed by atoms with Crippen LogP contribution in [0.15, 0.2) is 24.3 Å². The van der Waals surface area contributed by atoms with Crippen molar-refractivity contribution in [3.8, 4) is 0 Å². The number of fused-ring (bicyclic) bond motifs is 1.